The van der Waals surface area contributed by atoms with Crippen molar-refractivity contribution in [3.05, 3.63) is 185 Å². The van der Waals surface area contributed by atoms with Crippen molar-refractivity contribution in [1.82, 2.24) is 9.97 Å². The van der Waals surface area contributed by atoms with Crippen LogP contribution < -0.4 is 23.8 Å². The molecule has 5 aromatic carbocycles. The molecule has 11 nitrogen and oxygen atoms in total. The first-order valence-electron chi connectivity index (χ1n) is 17.4. The third-order valence-corrected chi connectivity index (χ3v) is 8.93. The minimum absolute atomic E-state index is 0.0807. The standard InChI is InChI=1S/C43H42N6O5/c1-49(2)42-45-28-31(29-46-42)40(53-37-24-20-35(50-3)21-25-37)41(54-38-26-22-36(51-4)23-27-38)39(47-48-44)30-52-43(32-14-8-5-9-15-32,33-16-10-6-11-17-33)34-18-12-7-13-19-34/h5-29,39-41H,30H2,1-4H3/t39-,40+,41-/m0/s1. The monoisotopic (exact) mass is 722 g/mol. The van der Waals surface area contributed by atoms with E-state index >= 15 is 0 Å². The van der Waals surface area contributed by atoms with E-state index in [1.807, 2.05) is 105 Å². The summed E-state index contributed by atoms with van der Waals surface area (Å²) in [6.07, 6.45) is 1.52. The molecule has 0 spiro atoms. The van der Waals surface area contributed by atoms with Crippen LogP contribution in [0.1, 0.15) is 28.4 Å². The van der Waals surface area contributed by atoms with Crippen molar-refractivity contribution >= 4 is 5.95 Å². The maximum atomic E-state index is 10.1. The maximum absolute atomic E-state index is 10.1. The molecule has 3 atom stereocenters. The van der Waals surface area contributed by atoms with Gasteiger partial charge in [-0.2, -0.15) is 0 Å². The van der Waals surface area contributed by atoms with Crippen molar-refractivity contribution in [1.29, 1.82) is 0 Å². The van der Waals surface area contributed by atoms with Gasteiger partial charge < -0.3 is 28.6 Å². The smallest absolute Gasteiger partial charge is 0.224 e. The molecule has 0 aliphatic carbocycles. The van der Waals surface area contributed by atoms with Crippen LogP contribution >= 0.6 is 0 Å². The first-order valence-corrected chi connectivity index (χ1v) is 17.4. The number of nitrogens with zero attached hydrogens (tertiary/aromatic N) is 6. The molecular weight excluding hydrogens is 681 g/mol. The highest BCUT2D eigenvalue weighted by atomic mass is 16.5. The van der Waals surface area contributed by atoms with Crippen LogP contribution in [0.15, 0.2) is 157 Å². The Balaban J connectivity index is 1.49. The fourth-order valence-electron chi connectivity index (χ4n) is 6.23. The quantitative estimate of drug-likeness (QED) is 0.0396. The van der Waals surface area contributed by atoms with Crippen molar-refractivity contribution in [3.8, 4) is 23.0 Å². The lowest BCUT2D eigenvalue weighted by Crippen LogP contribution is -2.44. The zero-order valence-electron chi connectivity index (χ0n) is 30.6. The van der Waals surface area contributed by atoms with Gasteiger partial charge >= 0.3 is 0 Å². The Labute approximate surface area is 315 Å². The van der Waals surface area contributed by atoms with Gasteiger partial charge in [-0.1, -0.05) is 96.1 Å². The molecule has 0 aliphatic rings. The molecule has 0 unspecified atom stereocenters. The number of anilines is 1. The Morgan fingerprint density at radius 2 is 1.06 bits per heavy atom. The van der Waals surface area contributed by atoms with Crippen LogP contribution in [0.5, 0.6) is 23.0 Å². The zero-order valence-corrected chi connectivity index (χ0v) is 30.6. The van der Waals surface area contributed by atoms with Gasteiger partial charge in [-0.05, 0) is 70.8 Å². The van der Waals surface area contributed by atoms with Crippen molar-refractivity contribution in [2.75, 3.05) is 39.8 Å². The first kappa shape index (κ1) is 37.2. The highest BCUT2D eigenvalue weighted by Gasteiger charge is 2.41. The SMILES string of the molecule is COc1ccc(O[C@@H]([C@H](COC(c2ccccc2)(c2ccccc2)c2ccccc2)N=[N+]=[N-])[C@H](Oc2ccc(OC)cc2)c2cnc(N(C)C)nc2)cc1. The molecule has 6 aromatic rings. The first-order chi connectivity index (χ1) is 26.4. The average molecular weight is 723 g/mol. The topological polar surface area (TPSA) is 124 Å². The van der Waals surface area contributed by atoms with Gasteiger partial charge in [0.25, 0.3) is 0 Å². The lowest BCUT2D eigenvalue weighted by atomic mass is 9.80. The van der Waals surface area contributed by atoms with E-state index in [9.17, 15) is 5.53 Å². The lowest BCUT2D eigenvalue weighted by Gasteiger charge is -2.38. The summed E-state index contributed by atoms with van der Waals surface area (Å²) in [5, 5.41) is 4.36. The molecule has 0 amide bonds. The van der Waals surface area contributed by atoms with Gasteiger partial charge in [0.2, 0.25) is 5.95 Å². The molecule has 54 heavy (non-hydrogen) atoms. The largest absolute Gasteiger partial charge is 0.497 e. The molecule has 0 saturated heterocycles. The predicted molar refractivity (Wildman–Crippen MR) is 208 cm³/mol. The number of benzene rings is 5. The van der Waals surface area contributed by atoms with E-state index in [0.29, 0.717) is 34.5 Å². The maximum Gasteiger partial charge on any atom is 0.224 e. The van der Waals surface area contributed by atoms with Crippen LogP contribution in [-0.4, -0.2) is 57.0 Å². The van der Waals surface area contributed by atoms with Gasteiger partial charge in [-0.25, -0.2) is 9.97 Å². The number of hydrogen-bond acceptors (Lipinski definition) is 9. The van der Waals surface area contributed by atoms with Gasteiger partial charge in [-0.3, -0.25) is 0 Å². The fourth-order valence-corrected chi connectivity index (χ4v) is 6.23. The lowest BCUT2D eigenvalue weighted by molar-refractivity contribution is -0.0344. The van der Waals surface area contributed by atoms with Crippen molar-refractivity contribution < 1.29 is 23.7 Å². The Morgan fingerprint density at radius 3 is 1.46 bits per heavy atom. The molecule has 0 bridgehead atoms. The number of hydrogen-bond donors (Lipinski definition) is 0. The second-order valence-electron chi connectivity index (χ2n) is 12.5. The molecule has 0 aliphatic heterocycles. The molecule has 0 fully saturated rings. The van der Waals surface area contributed by atoms with E-state index in [1.54, 1.807) is 80.0 Å². The molecule has 0 N–H and O–H groups in total. The molecular formula is C43H42N6O5. The van der Waals surface area contributed by atoms with Gasteiger partial charge in [0.05, 0.1) is 20.8 Å². The Morgan fingerprint density at radius 1 is 0.630 bits per heavy atom. The normalized spacial score (nSPS) is 12.7. The van der Waals surface area contributed by atoms with Crippen molar-refractivity contribution in [2.45, 2.75) is 23.9 Å². The molecule has 11 heteroatoms. The molecule has 0 saturated carbocycles. The minimum Gasteiger partial charge on any atom is -0.497 e. The highest BCUT2D eigenvalue weighted by Crippen LogP contribution is 2.41. The summed E-state index contributed by atoms with van der Waals surface area (Å²) < 4.78 is 31.6. The van der Waals surface area contributed by atoms with Crippen LogP contribution in [0.25, 0.3) is 10.4 Å². The zero-order chi connectivity index (χ0) is 37.8. The summed E-state index contributed by atoms with van der Waals surface area (Å²) in [4.78, 5) is 14.3. The van der Waals surface area contributed by atoms with Crippen molar-refractivity contribution in [2.24, 2.45) is 5.11 Å². The molecule has 1 heterocycles. The van der Waals surface area contributed by atoms with Gasteiger partial charge in [-0.15, -0.1) is 0 Å². The van der Waals surface area contributed by atoms with Gasteiger partial charge in [0, 0.05) is 37.0 Å². The molecule has 6 rings (SSSR count). The Hall–Kier alpha value is -6.55. The van der Waals surface area contributed by atoms with Crippen molar-refractivity contribution in [3.63, 3.8) is 0 Å². The summed E-state index contributed by atoms with van der Waals surface area (Å²) in [7, 11) is 6.93. The summed E-state index contributed by atoms with van der Waals surface area (Å²) in [6, 6.07) is 43.4. The Bertz CT molecular complexity index is 1980. The third kappa shape index (κ3) is 8.56. The van der Waals surface area contributed by atoms with Gasteiger partial charge in [0.15, 0.2) is 12.2 Å². The second-order valence-corrected chi connectivity index (χ2v) is 12.5. The number of ether oxygens (including phenoxy) is 5. The minimum atomic E-state index is -1.10. The molecule has 0 radical (unpaired) electrons. The third-order valence-electron chi connectivity index (χ3n) is 8.93. The van der Waals surface area contributed by atoms with Crippen LogP contribution in [0.2, 0.25) is 0 Å². The number of rotatable bonds is 17. The van der Waals surface area contributed by atoms with Crippen LogP contribution in [0.4, 0.5) is 5.95 Å². The van der Waals surface area contributed by atoms with E-state index in [1.165, 1.54) is 0 Å². The number of aromatic nitrogens is 2. The number of azide groups is 1. The van der Waals surface area contributed by atoms with E-state index in [2.05, 4.69) is 20.0 Å². The van der Waals surface area contributed by atoms with Gasteiger partial charge in [0.1, 0.15) is 34.6 Å². The summed E-state index contributed by atoms with van der Waals surface area (Å²) in [5.41, 5.74) is 12.3. The molecule has 1 aromatic heterocycles. The molecule has 274 valence electrons. The Kier molecular flexibility index (Phi) is 12.3. The van der Waals surface area contributed by atoms with Crippen LogP contribution in [0, 0.1) is 0 Å². The highest BCUT2D eigenvalue weighted by molar-refractivity contribution is 5.47. The van der Waals surface area contributed by atoms with E-state index in [4.69, 9.17) is 23.7 Å². The van der Waals surface area contributed by atoms with E-state index < -0.39 is 23.9 Å². The van der Waals surface area contributed by atoms with Crippen LogP contribution in [0.3, 0.4) is 0 Å². The average Bonchev–Trinajstić information content (AvgIpc) is 3.23. The van der Waals surface area contributed by atoms with E-state index in [0.717, 1.165) is 16.7 Å². The summed E-state index contributed by atoms with van der Waals surface area (Å²) >= 11 is 0. The van der Waals surface area contributed by atoms with E-state index in [-0.39, 0.29) is 6.61 Å². The summed E-state index contributed by atoms with van der Waals surface area (Å²) in [5.74, 6) is 2.86. The second kappa shape index (κ2) is 17.8. The van der Waals surface area contributed by atoms with Crippen LogP contribution in [-0.2, 0) is 10.3 Å². The fraction of sp³-hybridized carbons (Fsp3) is 0.209. The number of methoxy groups -OCH3 is 2. The predicted octanol–water partition coefficient (Wildman–Crippen LogP) is 8.82. The summed E-state index contributed by atoms with van der Waals surface area (Å²) in [6.45, 7) is -0.0807.